The highest BCUT2D eigenvalue weighted by Gasteiger charge is 2.30. The summed E-state index contributed by atoms with van der Waals surface area (Å²) in [7, 11) is -3.53. The van der Waals surface area contributed by atoms with Crippen LogP contribution in [-0.2, 0) is 43.9 Å². The number of hydrogen-bond donors (Lipinski definition) is 1. The summed E-state index contributed by atoms with van der Waals surface area (Å²) in [5.41, 5.74) is 2.62. The molecule has 0 unspecified atom stereocenters. The molecule has 1 fully saturated rings. The van der Waals surface area contributed by atoms with Gasteiger partial charge in [0, 0.05) is 31.7 Å². The molecule has 1 N–H and O–H groups in total. The molecule has 0 saturated carbocycles. The van der Waals surface area contributed by atoms with E-state index in [2.05, 4.69) is 0 Å². The molecule has 2 aromatic carbocycles. The van der Waals surface area contributed by atoms with Crippen LogP contribution in [0, 0.1) is 0 Å². The van der Waals surface area contributed by atoms with E-state index >= 15 is 0 Å². The molecule has 30 heavy (non-hydrogen) atoms. The fraction of sp³-hybridized carbons (Fsp3) is 0.286. The zero-order valence-electron chi connectivity index (χ0n) is 16.4. The third-order valence-corrected chi connectivity index (χ3v) is 6.02. The average Bonchev–Trinajstić information content (AvgIpc) is 3.00. The number of sulfonamides is 1. The second-order valence-corrected chi connectivity index (χ2v) is 9.20. The summed E-state index contributed by atoms with van der Waals surface area (Å²) in [4.78, 5) is 35.6. The molecule has 2 aromatic rings. The highest BCUT2D eigenvalue weighted by Crippen LogP contribution is 2.22. The lowest BCUT2D eigenvalue weighted by Crippen LogP contribution is -2.29. The maximum absolute atomic E-state index is 12.3. The normalized spacial score (nSPS) is 14.5. The van der Waals surface area contributed by atoms with Crippen molar-refractivity contribution in [3.05, 3.63) is 65.2 Å². The van der Waals surface area contributed by atoms with Crippen molar-refractivity contribution in [2.45, 2.75) is 25.9 Å². The summed E-state index contributed by atoms with van der Waals surface area (Å²) in [5, 5.41) is 8.95. The quantitative estimate of drug-likeness (QED) is 0.637. The van der Waals surface area contributed by atoms with Crippen LogP contribution in [0.25, 0.3) is 0 Å². The first kappa shape index (κ1) is 21.7. The lowest BCUT2D eigenvalue weighted by atomic mass is 10.1. The Bertz CT molecular complexity index is 1080. The fourth-order valence-electron chi connectivity index (χ4n) is 3.31. The smallest absolute Gasteiger partial charge is 0.307 e. The largest absolute Gasteiger partial charge is 0.481 e. The molecular formula is C21H22N2O6S. The standard InChI is InChI=1S/C21H22N2O6S/c1-30(28,29)22(14-17-4-2-3-16(11-17)12-20(25)26)13-15-5-7-18(8-6-15)23-10-9-19(24)21(23)27/h2-8,11H,9-10,12-14H2,1H3,(H,25,26). The van der Waals surface area contributed by atoms with Gasteiger partial charge in [0.25, 0.3) is 5.91 Å². The second kappa shape index (κ2) is 8.76. The molecule has 3 rings (SSSR count). The average molecular weight is 430 g/mol. The Morgan fingerprint density at radius 1 is 1.03 bits per heavy atom. The number of carbonyl (C=O) groups excluding carboxylic acids is 2. The number of nitrogens with zero attached hydrogens (tertiary/aromatic N) is 2. The van der Waals surface area contributed by atoms with Crippen LogP contribution in [0.5, 0.6) is 0 Å². The minimum Gasteiger partial charge on any atom is -0.481 e. The van der Waals surface area contributed by atoms with Gasteiger partial charge in [-0.05, 0) is 28.8 Å². The van der Waals surface area contributed by atoms with Gasteiger partial charge in [-0.1, -0.05) is 36.4 Å². The maximum atomic E-state index is 12.3. The van der Waals surface area contributed by atoms with Gasteiger partial charge in [0.15, 0.2) is 0 Å². The highest BCUT2D eigenvalue weighted by atomic mass is 32.2. The summed E-state index contributed by atoms with van der Waals surface area (Å²) in [6, 6.07) is 13.7. The number of Topliss-reactive ketones (excluding diaryl/α,β-unsaturated/α-hetero) is 1. The molecule has 0 atom stereocenters. The van der Waals surface area contributed by atoms with Crippen molar-refractivity contribution in [3.63, 3.8) is 0 Å². The van der Waals surface area contributed by atoms with Gasteiger partial charge in [-0.25, -0.2) is 8.42 Å². The Morgan fingerprint density at radius 2 is 1.67 bits per heavy atom. The molecule has 0 aliphatic carbocycles. The van der Waals surface area contributed by atoms with Crippen LogP contribution in [0.2, 0.25) is 0 Å². The number of hydrogen-bond acceptors (Lipinski definition) is 5. The van der Waals surface area contributed by atoms with E-state index in [9.17, 15) is 22.8 Å². The van der Waals surface area contributed by atoms with Crippen LogP contribution in [0.3, 0.4) is 0 Å². The molecule has 8 nitrogen and oxygen atoms in total. The lowest BCUT2D eigenvalue weighted by molar-refractivity contribution is -0.136. The van der Waals surface area contributed by atoms with Crippen molar-refractivity contribution in [1.82, 2.24) is 4.31 Å². The van der Waals surface area contributed by atoms with Gasteiger partial charge in [-0.15, -0.1) is 0 Å². The minimum atomic E-state index is -3.53. The first-order valence-electron chi connectivity index (χ1n) is 9.32. The van der Waals surface area contributed by atoms with Crippen LogP contribution in [0.15, 0.2) is 48.5 Å². The van der Waals surface area contributed by atoms with E-state index in [4.69, 9.17) is 5.11 Å². The van der Waals surface area contributed by atoms with Crippen molar-refractivity contribution in [1.29, 1.82) is 0 Å². The van der Waals surface area contributed by atoms with Crippen LogP contribution in [-0.4, -0.2) is 48.3 Å². The summed E-state index contributed by atoms with van der Waals surface area (Å²) in [5.74, 6) is -1.89. The predicted molar refractivity (Wildman–Crippen MR) is 110 cm³/mol. The molecule has 1 aliphatic rings. The number of rotatable bonds is 8. The van der Waals surface area contributed by atoms with Crippen LogP contribution >= 0.6 is 0 Å². The topological polar surface area (TPSA) is 112 Å². The van der Waals surface area contributed by atoms with Gasteiger partial charge in [0.05, 0.1) is 12.7 Å². The number of carbonyl (C=O) groups is 3. The molecule has 1 aliphatic heterocycles. The van der Waals surface area contributed by atoms with Gasteiger partial charge in [-0.2, -0.15) is 4.31 Å². The number of benzene rings is 2. The van der Waals surface area contributed by atoms with Gasteiger partial charge in [-0.3, -0.25) is 14.4 Å². The third-order valence-electron chi connectivity index (χ3n) is 4.83. The summed E-state index contributed by atoms with van der Waals surface area (Å²) in [6.07, 6.45) is 1.19. The van der Waals surface area contributed by atoms with E-state index in [1.54, 1.807) is 48.5 Å². The van der Waals surface area contributed by atoms with Crippen molar-refractivity contribution >= 4 is 33.4 Å². The monoisotopic (exact) mass is 430 g/mol. The molecule has 0 radical (unpaired) electrons. The molecular weight excluding hydrogens is 408 g/mol. The predicted octanol–water partition coefficient (Wildman–Crippen LogP) is 1.58. The van der Waals surface area contributed by atoms with E-state index in [-0.39, 0.29) is 25.9 Å². The molecule has 158 valence electrons. The first-order chi connectivity index (χ1) is 14.1. The van der Waals surface area contributed by atoms with E-state index in [1.165, 1.54) is 9.21 Å². The summed E-state index contributed by atoms with van der Waals surface area (Å²) < 4.78 is 25.9. The minimum absolute atomic E-state index is 0.104. The third kappa shape index (κ3) is 5.31. The maximum Gasteiger partial charge on any atom is 0.307 e. The Labute approximate surface area is 174 Å². The molecule has 1 heterocycles. The zero-order valence-corrected chi connectivity index (χ0v) is 17.3. The van der Waals surface area contributed by atoms with Crippen molar-refractivity contribution in [2.75, 3.05) is 17.7 Å². The number of anilines is 1. The van der Waals surface area contributed by atoms with Gasteiger partial charge < -0.3 is 10.0 Å². The number of ketones is 1. The Morgan fingerprint density at radius 3 is 2.23 bits per heavy atom. The van der Waals surface area contributed by atoms with Crippen LogP contribution < -0.4 is 4.90 Å². The summed E-state index contributed by atoms with van der Waals surface area (Å²) in [6.45, 7) is 0.571. The number of amides is 1. The molecule has 1 saturated heterocycles. The fourth-order valence-corrected chi connectivity index (χ4v) is 4.08. The molecule has 0 bridgehead atoms. The van der Waals surface area contributed by atoms with Gasteiger partial charge >= 0.3 is 5.97 Å². The van der Waals surface area contributed by atoms with E-state index < -0.39 is 27.7 Å². The number of carboxylic acid groups (broad SMARTS) is 1. The first-order valence-corrected chi connectivity index (χ1v) is 11.2. The molecule has 0 spiro atoms. The SMILES string of the molecule is CS(=O)(=O)N(Cc1ccc(N2CCC(=O)C2=O)cc1)Cc1cccc(CC(=O)O)c1. The van der Waals surface area contributed by atoms with Crippen molar-refractivity contribution in [3.8, 4) is 0 Å². The molecule has 9 heteroatoms. The van der Waals surface area contributed by atoms with Gasteiger partial charge in [0.2, 0.25) is 15.8 Å². The van der Waals surface area contributed by atoms with Crippen LogP contribution in [0.4, 0.5) is 5.69 Å². The lowest BCUT2D eigenvalue weighted by Gasteiger charge is -2.21. The number of carboxylic acids is 1. The second-order valence-electron chi connectivity index (χ2n) is 7.22. The van der Waals surface area contributed by atoms with E-state index in [1.807, 2.05) is 0 Å². The Kier molecular flexibility index (Phi) is 6.33. The number of aliphatic carboxylic acids is 1. The zero-order chi connectivity index (χ0) is 21.9. The molecule has 1 amide bonds. The van der Waals surface area contributed by atoms with Crippen molar-refractivity contribution in [2.24, 2.45) is 0 Å². The van der Waals surface area contributed by atoms with E-state index in [0.717, 1.165) is 11.8 Å². The van der Waals surface area contributed by atoms with Crippen molar-refractivity contribution < 1.29 is 27.9 Å². The molecule has 0 aromatic heterocycles. The van der Waals surface area contributed by atoms with Crippen LogP contribution in [0.1, 0.15) is 23.1 Å². The van der Waals surface area contributed by atoms with Gasteiger partial charge in [0.1, 0.15) is 0 Å². The Hall–Kier alpha value is -3.04. The highest BCUT2D eigenvalue weighted by molar-refractivity contribution is 7.88. The summed E-state index contributed by atoms with van der Waals surface area (Å²) >= 11 is 0. The Balaban J connectivity index is 1.75. The van der Waals surface area contributed by atoms with E-state index in [0.29, 0.717) is 23.4 Å².